The average molecular weight is 847 g/mol. The predicted molar refractivity (Wildman–Crippen MR) is 204 cm³/mol. The lowest BCUT2D eigenvalue weighted by atomic mass is 9.91. The van der Waals surface area contributed by atoms with Crippen LogP contribution in [0, 0.1) is 0 Å². The first-order valence-electron chi connectivity index (χ1n) is 19.0. The fourth-order valence-electron chi connectivity index (χ4n) is 6.86. The van der Waals surface area contributed by atoms with E-state index in [-0.39, 0.29) is 79.6 Å². The number of benzene rings is 2. The molecule has 0 bridgehead atoms. The zero-order valence-corrected chi connectivity index (χ0v) is 33.1. The molecule has 4 aromatic rings. The minimum atomic E-state index is -5.20. The van der Waals surface area contributed by atoms with Gasteiger partial charge < -0.3 is 24.7 Å². The Hall–Kier alpha value is -5.98. The van der Waals surface area contributed by atoms with Gasteiger partial charge in [0, 0.05) is 30.3 Å². The lowest BCUT2D eigenvalue weighted by molar-refractivity contribution is -0.148. The van der Waals surface area contributed by atoms with Crippen molar-refractivity contribution in [3.05, 3.63) is 106 Å². The van der Waals surface area contributed by atoms with Gasteiger partial charge in [-0.05, 0) is 68.5 Å². The fraction of sp³-hybridized carbons (Fsp3) is 0.415. The van der Waals surface area contributed by atoms with Gasteiger partial charge in [-0.1, -0.05) is 37.3 Å². The van der Waals surface area contributed by atoms with Gasteiger partial charge >= 0.3 is 30.4 Å². The van der Waals surface area contributed by atoms with Crippen LogP contribution >= 0.6 is 0 Å². The minimum absolute atomic E-state index is 0.000735. The Morgan fingerprint density at radius 2 is 1.57 bits per heavy atom. The molecular weight excluding hydrogens is 802 g/mol. The number of nitrogens with one attached hydrogen (secondary N) is 1. The number of esters is 2. The number of alkyl halides is 6. The van der Waals surface area contributed by atoms with E-state index in [0.717, 1.165) is 6.20 Å². The van der Waals surface area contributed by atoms with Gasteiger partial charge in [-0.3, -0.25) is 19.8 Å². The lowest BCUT2D eigenvalue weighted by Crippen LogP contribution is -2.48. The standard InChI is InChI=1S/C41H44F6N6O7/c1-5-27-20-30(35-31(14-15-32(51-35)57-4)53(27)39(56)59-7-3)50-34(24-17-25(40(42,43)44)19-26(18-24)41(45,46)47)37-49-21-29(36(48)52-37)28(13-16-33(54)58-6-2)38(55)60-22-23-11-9-8-10-12-23/h8-12,14-15,17-19,21,27-28,30,34,50H,5-7,13,16,20,22H2,1-4H3,(H2,48,49,52)/t27-,28?,30+,34?/m1/s1. The third-order valence-electron chi connectivity index (χ3n) is 9.75. The van der Waals surface area contributed by atoms with Crippen LogP contribution in [0.5, 0.6) is 5.88 Å². The van der Waals surface area contributed by atoms with E-state index < -0.39 is 71.1 Å². The number of pyridine rings is 1. The molecule has 3 heterocycles. The number of anilines is 2. The minimum Gasteiger partial charge on any atom is -0.481 e. The van der Waals surface area contributed by atoms with Crippen LogP contribution in [-0.4, -0.2) is 59.3 Å². The molecule has 3 N–H and O–H groups in total. The number of nitrogen functional groups attached to an aromatic ring is 1. The highest BCUT2D eigenvalue weighted by molar-refractivity contribution is 5.90. The summed E-state index contributed by atoms with van der Waals surface area (Å²) >= 11 is 0. The number of aromatic nitrogens is 3. The molecule has 5 rings (SSSR count). The normalized spacial score (nSPS) is 16.3. The van der Waals surface area contributed by atoms with E-state index in [1.165, 1.54) is 18.1 Å². The molecule has 60 heavy (non-hydrogen) atoms. The first kappa shape index (κ1) is 45.1. The van der Waals surface area contributed by atoms with Crippen molar-refractivity contribution in [1.82, 2.24) is 20.3 Å². The molecule has 0 spiro atoms. The van der Waals surface area contributed by atoms with Gasteiger partial charge in [0.05, 0.1) is 60.8 Å². The monoisotopic (exact) mass is 846 g/mol. The summed E-state index contributed by atoms with van der Waals surface area (Å²) in [6.45, 7) is 5.03. The maximum absolute atomic E-state index is 14.3. The molecule has 0 saturated carbocycles. The Labute approximate surface area is 341 Å². The number of ether oxygens (including phenoxy) is 4. The van der Waals surface area contributed by atoms with Crippen molar-refractivity contribution >= 4 is 29.5 Å². The summed E-state index contributed by atoms with van der Waals surface area (Å²) in [4.78, 5) is 53.9. The molecule has 0 saturated heterocycles. The fourth-order valence-corrected chi connectivity index (χ4v) is 6.86. The first-order valence-corrected chi connectivity index (χ1v) is 19.0. The van der Waals surface area contributed by atoms with E-state index in [1.54, 1.807) is 57.2 Å². The summed E-state index contributed by atoms with van der Waals surface area (Å²) in [5.74, 6) is -3.27. The summed E-state index contributed by atoms with van der Waals surface area (Å²) < 4.78 is 107. The van der Waals surface area contributed by atoms with Crippen molar-refractivity contribution in [3.8, 4) is 5.88 Å². The molecular formula is C41H44F6N6O7. The molecule has 322 valence electrons. The Bertz CT molecular complexity index is 2110. The summed E-state index contributed by atoms with van der Waals surface area (Å²) in [6.07, 6.45) is -9.95. The number of amides is 1. The number of rotatable bonds is 15. The molecule has 0 fully saturated rings. The molecule has 1 amide bonds. The summed E-state index contributed by atoms with van der Waals surface area (Å²) in [5.41, 5.74) is 3.84. The topological polar surface area (TPSA) is 168 Å². The summed E-state index contributed by atoms with van der Waals surface area (Å²) in [7, 11) is 1.34. The zero-order valence-electron chi connectivity index (χ0n) is 33.1. The number of fused-ring (bicyclic) bond motifs is 1. The third-order valence-corrected chi connectivity index (χ3v) is 9.75. The van der Waals surface area contributed by atoms with E-state index >= 15 is 0 Å². The van der Waals surface area contributed by atoms with Gasteiger partial charge in [0.15, 0.2) is 5.82 Å². The van der Waals surface area contributed by atoms with Crippen molar-refractivity contribution < 1.29 is 59.7 Å². The average Bonchev–Trinajstić information content (AvgIpc) is 3.21. The van der Waals surface area contributed by atoms with E-state index in [2.05, 4.69) is 20.3 Å². The van der Waals surface area contributed by atoms with Gasteiger partial charge in [-0.25, -0.2) is 19.7 Å². The van der Waals surface area contributed by atoms with Crippen molar-refractivity contribution in [3.63, 3.8) is 0 Å². The van der Waals surface area contributed by atoms with Crippen LogP contribution in [0.25, 0.3) is 0 Å². The Morgan fingerprint density at radius 3 is 2.15 bits per heavy atom. The zero-order chi connectivity index (χ0) is 43.8. The molecule has 0 aliphatic carbocycles. The first-order chi connectivity index (χ1) is 28.5. The number of nitrogens with two attached hydrogens (primary N) is 1. The molecule has 2 unspecified atom stereocenters. The summed E-state index contributed by atoms with van der Waals surface area (Å²) in [6, 6.07) is 9.69. The number of nitrogens with zero attached hydrogens (tertiary/aromatic N) is 4. The van der Waals surface area contributed by atoms with Gasteiger partial charge in [0.2, 0.25) is 5.88 Å². The molecule has 2 aromatic carbocycles. The number of halogens is 6. The number of methoxy groups -OCH3 is 1. The maximum Gasteiger partial charge on any atom is 0.416 e. The van der Waals surface area contributed by atoms with Crippen molar-refractivity contribution in [2.24, 2.45) is 0 Å². The highest BCUT2D eigenvalue weighted by Crippen LogP contribution is 2.43. The van der Waals surface area contributed by atoms with E-state index in [4.69, 9.17) is 24.7 Å². The maximum atomic E-state index is 14.3. The van der Waals surface area contributed by atoms with Crippen molar-refractivity contribution in [1.29, 1.82) is 0 Å². The second-order valence-electron chi connectivity index (χ2n) is 13.7. The molecule has 2 aromatic heterocycles. The van der Waals surface area contributed by atoms with Crippen LogP contribution in [-0.2, 0) is 42.8 Å². The SMILES string of the molecule is CCOC(=O)CCC(C(=O)OCc1ccccc1)c1cnc(C(N[C@H]2C[C@@H](CC)N(C(=O)OCC)c3ccc(OC)nc32)c2cc(C(F)(F)F)cc(C(F)(F)F)c2)nc1N. The smallest absolute Gasteiger partial charge is 0.416 e. The van der Waals surface area contributed by atoms with E-state index in [9.17, 15) is 40.7 Å². The van der Waals surface area contributed by atoms with Crippen molar-refractivity contribution in [2.75, 3.05) is 31.0 Å². The molecule has 0 radical (unpaired) electrons. The van der Waals surface area contributed by atoms with Gasteiger partial charge in [0.25, 0.3) is 0 Å². The molecule has 1 aliphatic heterocycles. The largest absolute Gasteiger partial charge is 0.481 e. The molecule has 13 nitrogen and oxygen atoms in total. The number of carbonyl (C=O) groups is 3. The second-order valence-corrected chi connectivity index (χ2v) is 13.7. The van der Waals surface area contributed by atoms with Crippen LogP contribution in [0.3, 0.4) is 0 Å². The second kappa shape index (κ2) is 19.4. The number of hydrogen-bond donors (Lipinski definition) is 2. The molecule has 19 heteroatoms. The highest BCUT2D eigenvalue weighted by atomic mass is 19.4. The summed E-state index contributed by atoms with van der Waals surface area (Å²) in [5, 5.41) is 3.14. The quantitative estimate of drug-likeness (QED) is 0.0669. The number of hydrogen-bond acceptors (Lipinski definition) is 12. The lowest BCUT2D eigenvalue weighted by Gasteiger charge is -2.40. The van der Waals surface area contributed by atoms with Crippen LogP contribution in [0.1, 0.15) is 104 Å². The van der Waals surface area contributed by atoms with Gasteiger partial charge in [-0.2, -0.15) is 26.3 Å². The van der Waals surface area contributed by atoms with Crippen LogP contribution in [0.2, 0.25) is 0 Å². The van der Waals surface area contributed by atoms with Crippen LogP contribution in [0.4, 0.5) is 42.6 Å². The third kappa shape index (κ3) is 10.8. The van der Waals surface area contributed by atoms with Gasteiger partial charge in [-0.15, -0.1) is 0 Å². The van der Waals surface area contributed by atoms with Gasteiger partial charge in [0.1, 0.15) is 12.4 Å². The molecule has 4 atom stereocenters. The van der Waals surface area contributed by atoms with Crippen molar-refractivity contribution in [2.45, 2.75) is 89.5 Å². The Morgan fingerprint density at radius 1 is 0.900 bits per heavy atom. The Kier molecular flexibility index (Phi) is 14.6. The predicted octanol–water partition coefficient (Wildman–Crippen LogP) is 8.24. The molecule has 1 aliphatic rings. The van der Waals surface area contributed by atoms with Crippen LogP contribution in [0.15, 0.2) is 66.9 Å². The number of carbonyl (C=O) groups excluding carboxylic acids is 3. The van der Waals surface area contributed by atoms with E-state index in [1.807, 2.05) is 0 Å². The van der Waals surface area contributed by atoms with Crippen LogP contribution < -0.4 is 20.7 Å². The highest BCUT2D eigenvalue weighted by Gasteiger charge is 2.42. The van der Waals surface area contributed by atoms with E-state index in [0.29, 0.717) is 24.1 Å². The Balaban J connectivity index is 1.65.